The third-order valence-electron chi connectivity index (χ3n) is 4.08. The van der Waals surface area contributed by atoms with Crippen molar-refractivity contribution in [2.45, 2.75) is 66.3 Å². The molecular weight excluding hydrogens is 236 g/mol. The van der Waals surface area contributed by atoms with E-state index in [2.05, 4.69) is 46.9 Å². The van der Waals surface area contributed by atoms with Crippen molar-refractivity contribution in [3.63, 3.8) is 0 Å². The molecule has 3 heteroatoms. The van der Waals surface area contributed by atoms with E-state index in [1.54, 1.807) is 0 Å². The molecule has 1 atom stereocenters. The Morgan fingerprint density at radius 1 is 1.11 bits per heavy atom. The van der Waals surface area contributed by atoms with Gasteiger partial charge in [0.05, 0.1) is 6.54 Å². The maximum absolute atomic E-state index is 12.2. The summed E-state index contributed by atoms with van der Waals surface area (Å²) in [4.78, 5) is 14.3. The molecule has 0 aromatic rings. The zero-order valence-electron chi connectivity index (χ0n) is 13.7. The lowest BCUT2D eigenvalue weighted by atomic mass is 9.77. The van der Waals surface area contributed by atoms with Gasteiger partial charge in [0, 0.05) is 18.6 Å². The van der Waals surface area contributed by atoms with E-state index in [-0.39, 0.29) is 11.4 Å². The summed E-state index contributed by atoms with van der Waals surface area (Å²) in [6, 6.07) is 0. The number of nitrogens with one attached hydrogen (secondary N) is 1. The van der Waals surface area contributed by atoms with Gasteiger partial charge in [-0.3, -0.25) is 4.79 Å². The molecule has 1 unspecified atom stereocenters. The molecule has 0 spiro atoms. The second-order valence-electron chi connectivity index (χ2n) is 7.98. The van der Waals surface area contributed by atoms with Gasteiger partial charge in [-0.2, -0.15) is 0 Å². The summed E-state index contributed by atoms with van der Waals surface area (Å²) in [5, 5.41) is 3.29. The van der Waals surface area contributed by atoms with E-state index < -0.39 is 0 Å². The molecule has 0 aromatic heterocycles. The zero-order valence-corrected chi connectivity index (χ0v) is 13.7. The first-order valence-corrected chi connectivity index (χ1v) is 7.62. The van der Waals surface area contributed by atoms with Crippen LogP contribution in [0.5, 0.6) is 0 Å². The molecule has 0 aromatic carbocycles. The van der Waals surface area contributed by atoms with Gasteiger partial charge in [0.15, 0.2) is 0 Å². The van der Waals surface area contributed by atoms with E-state index >= 15 is 0 Å². The number of likely N-dealkylation sites (tertiary alicyclic amines) is 1. The minimum atomic E-state index is 0.00938. The van der Waals surface area contributed by atoms with Crippen LogP contribution in [-0.4, -0.2) is 36.0 Å². The SMILES string of the molecule is CC(C)(C)NCC(=O)N1CCCC(C(C)(C)C)CC1. The summed E-state index contributed by atoms with van der Waals surface area (Å²) in [6.45, 7) is 15.5. The van der Waals surface area contributed by atoms with Crippen LogP contribution in [0.1, 0.15) is 60.8 Å². The van der Waals surface area contributed by atoms with Crippen molar-refractivity contribution in [2.75, 3.05) is 19.6 Å². The van der Waals surface area contributed by atoms with Gasteiger partial charge >= 0.3 is 0 Å². The largest absolute Gasteiger partial charge is 0.342 e. The van der Waals surface area contributed by atoms with Gasteiger partial charge < -0.3 is 10.2 Å². The highest BCUT2D eigenvalue weighted by atomic mass is 16.2. The average molecular weight is 268 g/mol. The van der Waals surface area contributed by atoms with E-state index in [1.165, 1.54) is 6.42 Å². The zero-order chi connectivity index (χ0) is 14.7. The van der Waals surface area contributed by atoms with Gasteiger partial charge in [-0.25, -0.2) is 0 Å². The van der Waals surface area contributed by atoms with Crippen molar-refractivity contribution in [1.29, 1.82) is 0 Å². The highest BCUT2D eigenvalue weighted by molar-refractivity contribution is 5.78. The number of hydrogen-bond acceptors (Lipinski definition) is 2. The van der Waals surface area contributed by atoms with Crippen LogP contribution < -0.4 is 5.32 Å². The molecule has 0 aliphatic carbocycles. The molecule has 1 amide bonds. The lowest BCUT2D eigenvalue weighted by molar-refractivity contribution is -0.130. The van der Waals surface area contributed by atoms with Crippen molar-refractivity contribution >= 4 is 5.91 Å². The van der Waals surface area contributed by atoms with Crippen LogP contribution in [0, 0.1) is 11.3 Å². The number of amides is 1. The van der Waals surface area contributed by atoms with Crippen LogP contribution in [0.25, 0.3) is 0 Å². The maximum atomic E-state index is 12.2. The molecular formula is C16H32N2O. The summed E-state index contributed by atoms with van der Waals surface area (Å²) in [5.41, 5.74) is 0.373. The number of carbonyl (C=O) groups excluding carboxylic acids is 1. The summed E-state index contributed by atoms with van der Waals surface area (Å²) < 4.78 is 0. The van der Waals surface area contributed by atoms with Crippen LogP contribution in [0.3, 0.4) is 0 Å². The Balaban J connectivity index is 2.46. The highest BCUT2D eigenvalue weighted by Gasteiger charge is 2.28. The predicted octanol–water partition coefficient (Wildman–Crippen LogP) is 3.05. The second-order valence-corrected chi connectivity index (χ2v) is 7.98. The summed E-state index contributed by atoms with van der Waals surface area (Å²) >= 11 is 0. The Morgan fingerprint density at radius 3 is 2.26 bits per heavy atom. The van der Waals surface area contributed by atoms with E-state index in [1.807, 2.05) is 4.90 Å². The lowest BCUT2D eigenvalue weighted by Crippen LogP contribution is -2.45. The van der Waals surface area contributed by atoms with E-state index in [4.69, 9.17) is 0 Å². The summed E-state index contributed by atoms with van der Waals surface area (Å²) in [5.74, 6) is 0.991. The molecule has 0 radical (unpaired) electrons. The van der Waals surface area contributed by atoms with Gasteiger partial charge in [-0.15, -0.1) is 0 Å². The molecule has 1 heterocycles. The first kappa shape index (κ1) is 16.5. The summed E-state index contributed by atoms with van der Waals surface area (Å²) in [7, 11) is 0. The fourth-order valence-corrected chi connectivity index (χ4v) is 2.66. The fraction of sp³-hybridized carbons (Fsp3) is 0.938. The van der Waals surface area contributed by atoms with Gasteiger partial charge in [-0.1, -0.05) is 20.8 Å². The smallest absolute Gasteiger partial charge is 0.236 e. The van der Waals surface area contributed by atoms with E-state index in [0.29, 0.717) is 12.0 Å². The maximum Gasteiger partial charge on any atom is 0.236 e. The van der Waals surface area contributed by atoms with Gasteiger partial charge in [0.1, 0.15) is 0 Å². The first-order valence-electron chi connectivity index (χ1n) is 7.62. The molecule has 3 nitrogen and oxygen atoms in total. The Kier molecular flexibility index (Phi) is 5.43. The Hall–Kier alpha value is -0.570. The molecule has 1 N–H and O–H groups in total. The Labute approximate surface area is 119 Å². The van der Waals surface area contributed by atoms with Gasteiger partial charge in [0.25, 0.3) is 0 Å². The molecule has 1 fully saturated rings. The standard InChI is InChI=1S/C16H32N2O/c1-15(2,3)13-8-7-10-18(11-9-13)14(19)12-17-16(4,5)6/h13,17H,7-12H2,1-6H3. The van der Waals surface area contributed by atoms with Crippen LogP contribution in [0.4, 0.5) is 0 Å². The molecule has 112 valence electrons. The monoisotopic (exact) mass is 268 g/mol. The number of nitrogens with zero attached hydrogens (tertiary/aromatic N) is 1. The quantitative estimate of drug-likeness (QED) is 0.835. The lowest BCUT2D eigenvalue weighted by Gasteiger charge is -2.30. The minimum absolute atomic E-state index is 0.00938. The average Bonchev–Trinajstić information content (AvgIpc) is 2.49. The molecule has 0 saturated carbocycles. The Bertz CT molecular complexity index is 299. The topological polar surface area (TPSA) is 32.3 Å². The van der Waals surface area contributed by atoms with Crippen molar-refractivity contribution in [3.05, 3.63) is 0 Å². The molecule has 0 bridgehead atoms. The number of carbonyl (C=O) groups is 1. The molecule has 1 rings (SSSR count). The third-order valence-corrected chi connectivity index (χ3v) is 4.08. The van der Waals surface area contributed by atoms with E-state index in [0.717, 1.165) is 31.8 Å². The van der Waals surface area contributed by atoms with Crippen molar-refractivity contribution in [1.82, 2.24) is 10.2 Å². The molecule has 1 aliphatic heterocycles. The number of hydrogen-bond donors (Lipinski definition) is 1. The third kappa shape index (κ3) is 5.94. The molecule has 1 saturated heterocycles. The Morgan fingerprint density at radius 2 is 1.74 bits per heavy atom. The van der Waals surface area contributed by atoms with Crippen LogP contribution >= 0.6 is 0 Å². The van der Waals surface area contributed by atoms with Crippen molar-refractivity contribution in [2.24, 2.45) is 11.3 Å². The van der Waals surface area contributed by atoms with Crippen LogP contribution in [-0.2, 0) is 4.79 Å². The van der Waals surface area contributed by atoms with Crippen molar-refractivity contribution in [3.8, 4) is 0 Å². The van der Waals surface area contributed by atoms with Gasteiger partial charge in [-0.05, 0) is 51.4 Å². The summed E-state index contributed by atoms with van der Waals surface area (Å²) in [6.07, 6.45) is 3.54. The van der Waals surface area contributed by atoms with E-state index in [9.17, 15) is 4.79 Å². The van der Waals surface area contributed by atoms with Crippen LogP contribution in [0.2, 0.25) is 0 Å². The normalized spacial score (nSPS) is 22.2. The van der Waals surface area contributed by atoms with Crippen LogP contribution in [0.15, 0.2) is 0 Å². The van der Waals surface area contributed by atoms with Gasteiger partial charge in [0.2, 0.25) is 5.91 Å². The predicted molar refractivity (Wildman–Crippen MR) is 81.1 cm³/mol. The highest BCUT2D eigenvalue weighted by Crippen LogP contribution is 2.34. The molecule has 1 aliphatic rings. The minimum Gasteiger partial charge on any atom is -0.342 e. The number of rotatable bonds is 2. The molecule has 19 heavy (non-hydrogen) atoms. The van der Waals surface area contributed by atoms with Crippen molar-refractivity contribution < 1.29 is 4.79 Å². The second kappa shape index (κ2) is 6.25. The fourth-order valence-electron chi connectivity index (χ4n) is 2.66. The first-order chi connectivity index (χ1) is 8.59.